The van der Waals surface area contributed by atoms with Crippen molar-refractivity contribution in [3.63, 3.8) is 0 Å². The van der Waals surface area contributed by atoms with Crippen LogP contribution in [0.2, 0.25) is 0 Å². The van der Waals surface area contributed by atoms with Crippen molar-refractivity contribution in [1.29, 1.82) is 0 Å². The zero-order chi connectivity index (χ0) is 12.8. The lowest BCUT2D eigenvalue weighted by Gasteiger charge is -2.20. The topological polar surface area (TPSA) is 24.9 Å². The van der Waals surface area contributed by atoms with Crippen LogP contribution in [-0.4, -0.2) is 12.0 Å². The van der Waals surface area contributed by atoms with Gasteiger partial charge in [0.25, 0.3) is 0 Å². The molecule has 1 aliphatic carbocycles. The molecule has 18 heavy (non-hydrogen) atoms. The molecular formula is C16H20N2. The summed E-state index contributed by atoms with van der Waals surface area (Å²) in [6, 6.07) is 8.93. The molecule has 1 saturated carbocycles. The molecule has 0 radical (unpaired) electrons. The van der Waals surface area contributed by atoms with Crippen molar-refractivity contribution in [3.8, 4) is 0 Å². The van der Waals surface area contributed by atoms with Crippen LogP contribution in [-0.2, 0) is 0 Å². The highest BCUT2D eigenvalue weighted by molar-refractivity contribution is 5.85. The Hall–Kier alpha value is -1.41. The molecule has 0 bridgehead atoms. The Morgan fingerprint density at radius 3 is 2.67 bits per heavy atom. The molecule has 0 aliphatic heterocycles. The minimum absolute atomic E-state index is 0.415. The zero-order valence-electron chi connectivity index (χ0n) is 11.3. The van der Waals surface area contributed by atoms with E-state index in [4.69, 9.17) is 0 Å². The van der Waals surface area contributed by atoms with E-state index in [0.717, 1.165) is 5.92 Å². The summed E-state index contributed by atoms with van der Waals surface area (Å²) in [6.07, 6.45) is 5.27. The van der Waals surface area contributed by atoms with Crippen molar-refractivity contribution in [1.82, 2.24) is 10.3 Å². The quantitative estimate of drug-likeness (QED) is 0.887. The molecule has 3 rings (SSSR count). The number of nitrogens with zero attached hydrogens (tertiary/aromatic N) is 1. The average molecular weight is 240 g/mol. The normalized spacial score (nSPS) is 22.9. The highest BCUT2D eigenvalue weighted by Gasteiger charge is 2.50. The molecule has 1 aliphatic rings. The maximum absolute atomic E-state index is 4.40. The second-order valence-electron chi connectivity index (χ2n) is 6.02. The molecular weight excluding hydrogens is 220 g/mol. The highest BCUT2D eigenvalue weighted by Crippen LogP contribution is 2.58. The van der Waals surface area contributed by atoms with Crippen molar-refractivity contribution in [2.24, 2.45) is 11.3 Å². The first-order chi connectivity index (χ1) is 8.63. The lowest BCUT2D eigenvalue weighted by Crippen LogP contribution is -2.21. The van der Waals surface area contributed by atoms with Gasteiger partial charge in [-0.1, -0.05) is 38.1 Å². The van der Waals surface area contributed by atoms with Crippen LogP contribution in [0.1, 0.15) is 31.9 Å². The van der Waals surface area contributed by atoms with Crippen molar-refractivity contribution < 1.29 is 0 Å². The summed E-state index contributed by atoms with van der Waals surface area (Å²) < 4.78 is 0. The largest absolute Gasteiger partial charge is 0.313 e. The summed E-state index contributed by atoms with van der Waals surface area (Å²) >= 11 is 0. The number of pyridine rings is 1. The third-order valence-electron chi connectivity index (χ3n) is 4.34. The van der Waals surface area contributed by atoms with Crippen molar-refractivity contribution in [2.45, 2.75) is 26.3 Å². The third-order valence-corrected chi connectivity index (χ3v) is 4.34. The van der Waals surface area contributed by atoms with Gasteiger partial charge in [-0.2, -0.15) is 0 Å². The summed E-state index contributed by atoms with van der Waals surface area (Å²) in [5.41, 5.74) is 1.80. The molecule has 1 aromatic carbocycles. The summed E-state index contributed by atoms with van der Waals surface area (Å²) in [7, 11) is 2.06. The van der Waals surface area contributed by atoms with Gasteiger partial charge >= 0.3 is 0 Å². The van der Waals surface area contributed by atoms with Gasteiger partial charge in [-0.3, -0.25) is 4.98 Å². The fourth-order valence-corrected chi connectivity index (χ4v) is 3.04. The van der Waals surface area contributed by atoms with Crippen LogP contribution in [0, 0.1) is 11.3 Å². The molecule has 2 aromatic rings. The molecule has 1 aromatic heterocycles. The van der Waals surface area contributed by atoms with Crippen LogP contribution < -0.4 is 5.32 Å². The van der Waals surface area contributed by atoms with E-state index in [0.29, 0.717) is 11.5 Å². The minimum Gasteiger partial charge on any atom is -0.313 e. The van der Waals surface area contributed by atoms with Crippen LogP contribution >= 0.6 is 0 Å². The number of hydrogen-bond acceptors (Lipinski definition) is 2. The molecule has 2 heteroatoms. The Kier molecular flexibility index (Phi) is 2.63. The first kappa shape index (κ1) is 11.7. The number of nitrogens with one attached hydrogen (secondary N) is 1. The van der Waals surface area contributed by atoms with E-state index in [1.807, 2.05) is 12.4 Å². The van der Waals surface area contributed by atoms with E-state index in [2.05, 4.69) is 55.5 Å². The summed E-state index contributed by atoms with van der Waals surface area (Å²) in [5.74, 6) is 0.718. The molecule has 1 N–H and O–H groups in total. The van der Waals surface area contributed by atoms with Crippen molar-refractivity contribution in [3.05, 3.63) is 42.2 Å². The third kappa shape index (κ3) is 1.81. The summed E-state index contributed by atoms with van der Waals surface area (Å²) in [5, 5.41) is 6.05. The number of rotatable bonds is 3. The second-order valence-corrected chi connectivity index (χ2v) is 6.02. The van der Waals surface area contributed by atoms with E-state index in [9.17, 15) is 0 Å². The van der Waals surface area contributed by atoms with Gasteiger partial charge in [0.2, 0.25) is 0 Å². The van der Waals surface area contributed by atoms with E-state index in [-0.39, 0.29) is 0 Å². The van der Waals surface area contributed by atoms with E-state index < -0.39 is 0 Å². The van der Waals surface area contributed by atoms with Crippen LogP contribution in [0.3, 0.4) is 0 Å². The molecule has 2 unspecified atom stereocenters. The van der Waals surface area contributed by atoms with Gasteiger partial charge in [-0.05, 0) is 35.8 Å². The molecule has 1 fully saturated rings. The van der Waals surface area contributed by atoms with E-state index >= 15 is 0 Å². The smallest absolute Gasteiger partial charge is 0.0373 e. The lowest BCUT2D eigenvalue weighted by atomic mass is 9.94. The predicted octanol–water partition coefficient (Wildman–Crippen LogP) is 3.54. The van der Waals surface area contributed by atoms with Crippen LogP contribution in [0.25, 0.3) is 10.8 Å². The predicted molar refractivity (Wildman–Crippen MR) is 75.4 cm³/mol. The Morgan fingerprint density at radius 2 is 2.00 bits per heavy atom. The molecule has 0 amide bonds. The molecule has 0 spiro atoms. The maximum Gasteiger partial charge on any atom is 0.0373 e. The number of hydrogen-bond donors (Lipinski definition) is 1. The standard InChI is InChI=1S/C16H20N2/c1-16(2)8-14(16)15(17-3)13-10-18-9-11-6-4-5-7-12(11)13/h4-7,9-10,14-15,17H,8H2,1-3H3. The summed E-state index contributed by atoms with van der Waals surface area (Å²) in [4.78, 5) is 4.40. The average Bonchev–Trinajstić information content (AvgIpc) is 2.99. The zero-order valence-corrected chi connectivity index (χ0v) is 11.3. The first-order valence-electron chi connectivity index (χ1n) is 6.63. The number of fused-ring (bicyclic) bond motifs is 1. The van der Waals surface area contributed by atoms with Gasteiger partial charge < -0.3 is 5.32 Å². The molecule has 2 nitrogen and oxygen atoms in total. The van der Waals surface area contributed by atoms with Crippen LogP contribution in [0.15, 0.2) is 36.7 Å². The molecule has 1 heterocycles. The van der Waals surface area contributed by atoms with E-state index in [1.54, 1.807) is 0 Å². The summed E-state index contributed by atoms with van der Waals surface area (Å²) in [6.45, 7) is 4.70. The minimum atomic E-state index is 0.415. The number of benzene rings is 1. The SMILES string of the molecule is CNC(c1cncc2ccccc12)C1CC1(C)C. The monoisotopic (exact) mass is 240 g/mol. The molecule has 2 atom stereocenters. The lowest BCUT2D eigenvalue weighted by molar-refractivity contribution is 0.442. The Labute approximate surface area is 108 Å². The Bertz CT molecular complexity index is 569. The van der Waals surface area contributed by atoms with Crippen LogP contribution in [0.5, 0.6) is 0 Å². The first-order valence-corrected chi connectivity index (χ1v) is 6.63. The molecule has 94 valence electrons. The van der Waals surface area contributed by atoms with Crippen molar-refractivity contribution >= 4 is 10.8 Å². The van der Waals surface area contributed by atoms with Gasteiger partial charge in [0, 0.05) is 23.8 Å². The Balaban J connectivity index is 2.08. The van der Waals surface area contributed by atoms with E-state index in [1.165, 1.54) is 22.8 Å². The van der Waals surface area contributed by atoms with Gasteiger partial charge in [-0.15, -0.1) is 0 Å². The Morgan fingerprint density at radius 1 is 1.28 bits per heavy atom. The van der Waals surface area contributed by atoms with Gasteiger partial charge in [0.05, 0.1) is 0 Å². The number of aromatic nitrogens is 1. The van der Waals surface area contributed by atoms with Gasteiger partial charge in [-0.25, -0.2) is 0 Å². The fourth-order valence-electron chi connectivity index (χ4n) is 3.04. The fraction of sp³-hybridized carbons (Fsp3) is 0.438. The molecule has 0 saturated heterocycles. The van der Waals surface area contributed by atoms with Gasteiger partial charge in [0.1, 0.15) is 0 Å². The van der Waals surface area contributed by atoms with Crippen LogP contribution in [0.4, 0.5) is 0 Å². The van der Waals surface area contributed by atoms with Crippen molar-refractivity contribution in [2.75, 3.05) is 7.05 Å². The second kappa shape index (κ2) is 4.06. The highest BCUT2D eigenvalue weighted by atomic mass is 14.9. The van der Waals surface area contributed by atoms with Gasteiger partial charge in [0.15, 0.2) is 0 Å². The maximum atomic E-state index is 4.40.